The van der Waals surface area contributed by atoms with E-state index in [0.717, 1.165) is 17.7 Å². The molecule has 6 nitrogen and oxygen atoms in total. The van der Waals surface area contributed by atoms with E-state index >= 15 is 0 Å². The fourth-order valence-electron chi connectivity index (χ4n) is 1.99. The minimum absolute atomic E-state index is 0. The van der Waals surface area contributed by atoms with Crippen molar-refractivity contribution < 1.29 is 34.4 Å². The Labute approximate surface area is 128 Å². The first-order chi connectivity index (χ1) is 8.88. The molecule has 3 rings (SSSR count). The molecule has 0 amide bonds. The number of anilines is 1. The molecule has 0 saturated carbocycles. The van der Waals surface area contributed by atoms with Crippen LogP contribution in [0.2, 0.25) is 0 Å². The summed E-state index contributed by atoms with van der Waals surface area (Å²) in [5, 5.41) is 0. The Balaban J connectivity index is 0.000001000. The SMILES string of the molecule is NNc1nc[nH+]c2c1[nH]c[n+]2Cc1ccccc1.[Cl-].[Cl-]. The molecular formula is C12H14Cl2N6. The molecular weight excluding hydrogens is 299 g/mol. The number of H-pyrrole nitrogens is 2. The van der Waals surface area contributed by atoms with Gasteiger partial charge in [-0.15, -0.1) is 0 Å². The van der Waals surface area contributed by atoms with Gasteiger partial charge in [-0.05, 0) is 0 Å². The van der Waals surface area contributed by atoms with Crippen LogP contribution < -0.4 is 45.6 Å². The van der Waals surface area contributed by atoms with Gasteiger partial charge >= 0.3 is 17.8 Å². The van der Waals surface area contributed by atoms with Gasteiger partial charge in [-0.2, -0.15) is 9.55 Å². The van der Waals surface area contributed by atoms with Crippen molar-refractivity contribution in [3.05, 3.63) is 48.5 Å². The summed E-state index contributed by atoms with van der Waals surface area (Å²) < 4.78 is 2.08. The number of hydrazine groups is 1. The Bertz CT molecular complexity index is 670. The molecule has 2 aromatic heterocycles. The minimum atomic E-state index is 0. The van der Waals surface area contributed by atoms with Crippen molar-refractivity contribution in [2.24, 2.45) is 5.84 Å². The molecule has 3 aromatic rings. The number of rotatable bonds is 3. The predicted octanol–water partition coefficient (Wildman–Crippen LogP) is -5.99. The maximum absolute atomic E-state index is 5.42. The van der Waals surface area contributed by atoms with Gasteiger partial charge in [-0.1, -0.05) is 30.3 Å². The monoisotopic (exact) mass is 312 g/mol. The van der Waals surface area contributed by atoms with Gasteiger partial charge in [-0.25, -0.2) is 5.84 Å². The number of aromatic nitrogens is 4. The Morgan fingerprint density at radius 2 is 2.00 bits per heavy atom. The average Bonchev–Trinajstić information content (AvgIpc) is 2.83. The summed E-state index contributed by atoms with van der Waals surface area (Å²) in [7, 11) is 0. The van der Waals surface area contributed by atoms with Crippen molar-refractivity contribution in [3.8, 4) is 0 Å². The zero-order valence-electron chi connectivity index (χ0n) is 10.5. The lowest BCUT2D eigenvalue weighted by Crippen LogP contribution is -3.00. The van der Waals surface area contributed by atoms with Gasteiger partial charge in [-0.3, -0.25) is 5.43 Å². The molecule has 20 heavy (non-hydrogen) atoms. The number of imidazole rings is 1. The van der Waals surface area contributed by atoms with Crippen LogP contribution in [-0.2, 0) is 6.54 Å². The van der Waals surface area contributed by atoms with E-state index in [1.807, 2.05) is 24.5 Å². The molecule has 0 aliphatic heterocycles. The zero-order valence-corrected chi connectivity index (χ0v) is 12.0. The van der Waals surface area contributed by atoms with Crippen LogP contribution >= 0.6 is 0 Å². The molecule has 5 N–H and O–H groups in total. The fraction of sp³-hybridized carbons (Fsp3) is 0.0833. The van der Waals surface area contributed by atoms with Crippen molar-refractivity contribution in [2.75, 3.05) is 5.43 Å². The van der Waals surface area contributed by atoms with E-state index in [1.165, 1.54) is 5.56 Å². The molecule has 8 heteroatoms. The number of nitrogens with two attached hydrogens (primary N) is 1. The van der Waals surface area contributed by atoms with Crippen LogP contribution in [0.3, 0.4) is 0 Å². The smallest absolute Gasteiger partial charge is 0.370 e. The number of aromatic amines is 2. The summed E-state index contributed by atoms with van der Waals surface area (Å²) in [5.41, 5.74) is 5.61. The quantitative estimate of drug-likeness (QED) is 0.256. The van der Waals surface area contributed by atoms with Gasteiger partial charge in [0, 0.05) is 10.5 Å². The molecule has 106 valence electrons. The molecule has 0 bridgehead atoms. The highest BCUT2D eigenvalue weighted by Crippen LogP contribution is 2.10. The standard InChI is InChI=1S/C12H12N6.2ClH/c13-17-11-10-12(15-7-14-11)18(8-16-10)6-9-4-2-1-3-5-9;;/h1-5,7-8H,6,13H2,(H,14,15,17);2*1H. The first-order valence-corrected chi connectivity index (χ1v) is 5.66. The Morgan fingerprint density at radius 1 is 1.25 bits per heavy atom. The van der Waals surface area contributed by atoms with E-state index in [4.69, 9.17) is 5.84 Å². The van der Waals surface area contributed by atoms with Gasteiger partial charge in [0.15, 0.2) is 6.33 Å². The van der Waals surface area contributed by atoms with Crippen LogP contribution in [0.25, 0.3) is 11.2 Å². The lowest BCUT2D eigenvalue weighted by Gasteiger charge is -1.95. The Kier molecular flexibility index (Phi) is 5.69. The van der Waals surface area contributed by atoms with Crippen LogP contribution in [0.1, 0.15) is 5.56 Å². The maximum Gasteiger partial charge on any atom is 0.370 e. The molecule has 1 aromatic carbocycles. The van der Waals surface area contributed by atoms with Gasteiger partial charge in [0.05, 0.1) is 0 Å². The molecule has 0 fully saturated rings. The van der Waals surface area contributed by atoms with E-state index in [0.29, 0.717) is 5.82 Å². The minimum Gasteiger partial charge on any atom is -1.00 e. The lowest BCUT2D eigenvalue weighted by molar-refractivity contribution is -0.697. The molecule has 2 heterocycles. The third-order valence-electron chi connectivity index (χ3n) is 2.85. The Hall–Kier alpha value is -1.89. The second-order valence-corrected chi connectivity index (χ2v) is 4.01. The summed E-state index contributed by atoms with van der Waals surface area (Å²) in [4.78, 5) is 10.4. The van der Waals surface area contributed by atoms with Crippen LogP contribution in [-0.4, -0.2) is 9.97 Å². The van der Waals surface area contributed by atoms with E-state index in [1.54, 1.807) is 6.33 Å². The third-order valence-corrected chi connectivity index (χ3v) is 2.85. The Morgan fingerprint density at radius 3 is 2.70 bits per heavy atom. The van der Waals surface area contributed by atoms with Crippen molar-refractivity contribution in [2.45, 2.75) is 6.54 Å². The number of hydrogen-bond donors (Lipinski definition) is 3. The summed E-state index contributed by atoms with van der Waals surface area (Å²) in [5.74, 6) is 6.04. The summed E-state index contributed by atoms with van der Waals surface area (Å²) in [6.45, 7) is 0.783. The van der Waals surface area contributed by atoms with Gasteiger partial charge < -0.3 is 29.8 Å². The number of hydrogen-bond acceptors (Lipinski definition) is 3. The molecule has 0 aliphatic carbocycles. The molecule has 0 aliphatic rings. The van der Waals surface area contributed by atoms with Crippen LogP contribution in [0.15, 0.2) is 43.0 Å². The number of nitrogens with one attached hydrogen (secondary N) is 3. The van der Waals surface area contributed by atoms with Crippen LogP contribution in [0.4, 0.5) is 5.82 Å². The van der Waals surface area contributed by atoms with Gasteiger partial charge in [0.1, 0.15) is 6.54 Å². The number of nitrogens with zero attached hydrogens (tertiary/aromatic N) is 2. The average molecular weight is 313 g/mol. The van der Waals surface area contributed by atoms with E-state index in [-0.39, 0.29) is 24.8 Å². The van der Waals surface area contributed by atoms with Crippen LogP contribution in [0, 0.1) is 0 Å². The number of halogens is 2. The van der Waals surface area contributed by atoms with E-state index in [9.17, 15) is 0 Å². The first-order valence-electron chi connectivity index (χ1n) is 5.66. The van der Waals surface area contributed by atoms with Crippen molar-refractivity contribution in [3.63, 3.8) is 0 Å². The largest absolute Gasteiger partial charge is 1.00 e. The highest BCUT2D eigenvalue weighted by molar-refractivity contribution is 5.77. The highest BCUT2D eigenvalue weighted by atomic mass is 35.5. The molecule has 0 unspecified atom stereocenters. The van der Waals surface area contributed by atoms with Crippen LogP contribution in [0.5, 0.6) is 0 Å². The summed E-state index contributed by atoms with van der Waals surface area (Å²) in [6, 6.07) is 10.3. The van der Waals surface area contributed by atoms with Gasteiger partial charge in [0.25, 0.3) is 0 Å². The van der Waals surface area contributed by atoms with E-state index in [2.05, 4.69) is 37.1 Å². The molecule has 0 spiro atoms. The number of benzene rings is 1. The molecule has 0 saturated heterocycles. The second kappa shape index (κ2) is 7.04. The maximum atomic E-state index is 5.42. The predicted molar refractivity (Wildman–Crippen MR) is 66.2 cm³/mol. The zero-order chi connectivity index (χ0) is 12.4. The van der Waals surface area contributed by atoms with Crippen molar-refractivity contribution in [1.29, 1.82) is 0 Å². The van der Waals surface area contributed by atoms with Crippen molar-refractivity contribution >= 4 is 17.0 Å². The number of fused-ring (bicyclic) bond motifs is 1. The third kappa shape index (κ3) is 2.98. The normalized spacial score (nSPS) is 9.65. The second-order valence-electron chi connectivity index (χ2n) is 4.01. The lowest BCUT2D eigenvalue weighted by atomic mass is 10.2. The van der Waals surface area contributed by atoms with Gasteiger partial charge in [0.2, 0.25) is 5.52 Å². The summed E-state index contributed by atoms with van der Waals surface area (Å²) >= 11 is 0. The van der Waals surface area contributed by atoms with E-state index < -0.39 is 0 Å². The number of nitrogen functional groups attached to an aromatic ring is 1. The fourth-order valence-corrected chi connectivity index (χ4v) is 1.99. The first kappa shape index (κ1) is 16.2. The van der Waals surface area contributed by atoms with Crippen molar-refractivity contribution in [1.82, 2.24) is 9.97 Å². The molecule has 0 radical (unpaired) electrons. The summed E-state index contributed by atoms with van der Waals surface area (Å²) in [6.07, 6.45) is 3.52. The topological polar surface area (TPSA) is 84.8 Å². The molecule has 0 atom stereocenters. The highest BCUT2D eigenvalue weighted by Gasteiger charge is 2.20.